The molecule has 0 fully saturated rings. The maximum atomic E-state index is 12.0. The van der Waals surface area contributed by atoms with Gasteiger partial charge in [0.05, 0.1) is 12.4 Å². The second-order valence-corrected chi connectivity index (χ2v) is 4.68. The molecule has 0 bridgehead atoms. The molecule has 1 unspecified atom stereocenters. The summed E-state index contributed by atoms with van der Waals surface area (Å²) in [5.41, 5.74) is 0.174. The van der Waals surface area contributed by atoms with Crippen LogP contribution < -0.4 is 16.0 Å². The molecule has 7 nitrogen and oxygen atoms in total. The average Bonchev–Trinajstić information content (AvgIpc) is 2.38. The van der Waals surface area contributed by atoms with E-state index >= 15 is 0 Å². The van der Waals surface area contributed by atoms with Gasteiger partial charge in [0.2, 0.25) is 5.91 Å². The van der Waals surface area contributed by atoms with Crippen molar-refractivity contribution < 1.29 is 9.59 Å². The molecule has 20 heavy (non-hydrogen) atoms. The van der Waals surface area contributed by atoms with Gasteiger partial charge in [0.1, 0.15) is 17.6 Å². The van der Waals surface area contributed by atoms with Crippen LogP contribution in [0.3, 0.4) is 0 Å². The molecular weight excluding hydrogens is 258 g/mol. The Balaban J connectivity index is 2.66. The van der Waals surface area contributed by atoms with E-state index in [4.69, 9.17) is 0 Å². The Morgan fingerprint density at radius 2 is 1.90 bits per heavy atom. The van der Waals surface area contributed by atoms with Gasteiger partial charge in [-0.2, -0.15) is 0 Å². The van der Waals surface area contributed by atoms with Gasteiger partial charge in [-0.3, -0.25) is 14.6 Å². The van der Waals surface area contributed by atoms with Crippen molar-refractivity contribution in [2.75, 3.05) is 11.9 Å². The van der Waals surface area contributed by atoms with E-state index in [-0.39, 0.29) is 17.6 Å². The highest BCUT2D eigenvalue weighted by Crippen LogP contribution is 2.02. The number of rotatable bonds is 6. The summed E-state index contributed by atoms with van der Waals surface area (Å²) in [6, 6.07) is -0.604. The number of carbonyl (C=O) groups is 2. The summed E-state index contributed by atoms with van der Waals surface area (Å²) in [6.07, 6.45) is 2.90. The fourth-order valence-corrected chi connectivity index (χ4v) is 1.49. The second-order valence-electron chi connectivity index (χ2n) is 4.68. The van der Waals surface area contributed by atoms with E-state index < -0.39 is 11.9 Å². The zero-order valence-electron chi connectivity index (χ0n) is 12.2. The zero-order chi connectivity index (χ0) is 15.1. The number of hydrogen-bond donors (Lipinski definition) is 3. The Hall–Kier alpha value is -2.18. The summed E-state index contributed by atoms with van der Waals surface area (Å²) in [6.45, 7) is 7.95. The smallest absolute Gasteiger partial charge is 0.272 e. The lowest BCUT2D eigenvalue weighted by atomic mass is 10.2. The normalized spacial score (nSPS) is 11.8. The average molecular weight is 279 g/mol. The minimum absolute atomic E-state index is 0.0266. The SMILES string of the molecule is CCNc1cncc(C(=O)NC(C)C(=O)NC(C)C)n1. The van der Waals surface area contributed by atoms with Gasteiger partial charge in [-0.25, -0.2) is 4.98 Å². The van der Waals surface area contributed by atoms with Crippen LogP contribution in [0.15, 0.2) is 12.4 Å². The molecule has 1 aromatic heterocycles. The minimum atomic E-state index is -0.630. The largest absolute Gasteiger partial charge is 0.369 e. The van der Waals surface area contributed by atoms with Crippen molar-refractivity contribution >= 4 is 17.6 Å². The molecule has 0 saturated heterocycles. The lowest BCUT2D eigenvalue weighted by Gasteiger charge is -2.15. The third-order valence-corrected chi connectivity index (χ3v) is 2.40. The highest BCUT2D eigenvalue weighted by Gasteiger charge is 2.18. The van der Waals surface area contributed by atoms with Crippen molar-refractivity contribution in [1.29, 1.82) is 0 Å². The Morgan fingerprint density at radius 1 is 1.20 bits per heavy atom. The molecule has 1 aromatic rings. The molecule has 0 radical (unpaired) electrons. The molecule has 0 aliphatic heterocycles. The van der Waals surface area contributed by atoms with Gasteiger partial charge < -0.3 is 16.0 Å². The third kappa shape index (κ3) is 4.83. The molecule has 3 N–H and O–H groups in total. The molecule has 0 saturated carbocycles. The van der Waals surface area contributed by atoms with Crippen LogP contribution >= 0.6 is 0 Å². The van der Waals surface area contributed by atoms with Crippen LogP contribution in [0, 0.1) is 0 Å². The molecule has 1 heterocycles. The van der Waals surface area contributed by atoms with Gasteiger partial charge in [0.15, 0.2) is 0 Å². The van der Waals surface area contributed by atoms with Crippen LogP contribution in [-0.2, 0) is 4.79 Å². The highest BCUT2D eigenvalue weighted by atomic mass is 16.2. The summed E-state index contributed by atoms with van der Waals surface area (Å²) in [5.74, 6) is -0.132. The summed E-state index contributed by atoms with van der Waals surface area (Å²) in [7, 11) is 0. The van der Waals surface area contributed by atoms with E-state index in [1.54, 1.807) is 6.92 Å². The molecule has 0 aliphatic rings. The predicted octanol–water partition coefficient (Wildman–Crippen LogP) is 0.551. The first kappa shape index (κ1) is 15.9. The lowest BCUT2D eigenvalue weighted by molar-refractivity contribution is -0.123. The predicted molar refractivity (Wildman–Crippen MR) is 76.4 cm³/mol. The van der Waals surface area contributed by atoms with Crippen LogP contribution in [0.4, 0.5) is 5.82 Å². The van der Waals surface area contributed by atoms with Crippen molar-refractivity contribution in [2.24, 2.45) is 0 Å². The van der Waals surface area contributed by atoms with Gasteiger partial charge in [-0.05, 0) is 27.7 Å². The molecule has 0 aromatic carbocycles. The number of nitrogens with zero attached hydrogens (tertiary/aromatic N) is 2. The maximum absolute atomic E-state index is 12.0. The van der Waals surface area contributed by atoms with E-state index in [2.05, 4.69) is 25.9 Å². The summed E-state index contributed by atoms with van der Waals surface area (Å²) >= 11 is 0. The first-order valence-corrected chi connectivity index (χ1v) is 6.61. The lowest BCUT2D eigenvalue weighted by Crippen LogP contribution is -2.47. The van der Waals surface area contributed by atoms with Crippen molar-refractivity contribution in [3.8, 4) is 0 Å². The Morgan fingerprint density at radius 3 is 2.50 bits per heavy atom. The number of aromatic nitrogens is 2. The van der Waals surface area contributed by atoms with Gasteiger partial charge in [-0.1, -0.05) is 0 Å². The van der Waals surface area contributed by atoms with Crippen LogP contribution in [-0.4, -0.2) is 40.4 Å². The van der Waals surface area contributed by atoms with E-state index in [1.165, 1.54) is 12.4 Å². The standard InChI is InChI=1S/C13H21N5O2/c1-5-15-11-7-14-6-10(18-11)13(20)17-9(4)12(19)16-8(2)3/h6-9H,5H2,1-4H3,(H,15,18)(H,16,19)(H,17,20). The van der Waals surface area contributed by atoms with Crippen molar-refractivity contribution in [3.63, 3.8) is 0 Å². The highest BCUT2D eigenvalue weighted by molar-refractivity contribution is 5.96. The number of carbonyl (C=O) groups excluding carboxylic acids is 2. The topological polar surface area (TPSA) is 96.0 Å². The number of amides is 2. The van der Waals surface area contributed by atoms with E-state index in [9.17, 15) is 9.59 Å². The van der Waals surface area contributed by atoms with Crippen LogP contribution in [0.2, 0.25) is 0 Å². The molecule has 7 heteroatoms. The van der Waals surface area contributed by atoms with Gasteiger partial charge in [0.25, 0.3) is 5.91 Å². The van der Waals surface area contributed by atoms with E-state index in [1.807, 2.05) is 20.8 Å². The Bertz CT molecular complexity index is 476. The first-order chi connectivity index (χ1) is 9.43. The molecule has 1 rings (SSSR count). The van der Waals surface area contributed by atoms with Gasteiger partial charge in [0, 0.05) is 12.6 Å². The molecular formula is C13H21N5O2. The fourth-order valence-electron chi connectivity index (χ4n) is 1.49. The molecule has 110 valence electrons. The Kier molecular flexibility index (Phi) is 5.89. The van der Waals surface area contributed by atoms with Gasteiger partial charge >= 0.3 is 0 Å². The number of nitrogens with one attached hydrogen (secondary N) is 3. The number of anilines is 1. The minimum Gasteiger partial charge on any atom is -0.369 e. The van der Waals surface area contributed by atoms with Crippen molar-refractivity contribution in [3.05, 3.63) is 18.1 Å². The van der Waals surface area contributed by atoms with Gasteiger partial charge in [-0.15, -0.1) is 0 Å². The van der Waals surface area contributed by atoms with E-state index in [0.29, 0.717) is 12.4 Å². The third-order valence-electron chi connectivity index (χ3n) is 2.40. The molecule has 0 aliphatic carbocycles. The van der Waals surface area contributed by atoms with Crippen LogP contribution in [0.25, 0.3) is 0 Å². The zero-order valence-corrected chi connectivity index (χ0v) is 12.2. The fraction of sp³-hybridized carbons (Fsp3) is 0.538. The van der Waals surface area contributed by atoms with E-state index in [0.717, 1.165) is 0 Å². The van der Waals surface area contributed by atoms with Crippen LogP contribution in [0.5, 0.6) is 0 Å². The Labute approximate surface area is 118 Å². The monoisotopic (exact) mass is 279 g/mol. The van der Waals surface area contributed by atoms with Crippen LogP contribution in [0.1, 0.15) is 38.2 Å². The summed E-state index contributed by atoms with van der Waals surface area (Å²) in [4.78, 5) is 31.8. The van der Waals surface area contributed by atoms with Crippen molar-refractivity contribution in [2.45, 2.75) is 39.8 Å². The second kappa shape index (κ2) is 7.42. The quantitative estimate of drug-likeness (QED) is 0.707. The molecule has 1 atom stereocenters. The molecule has 0 spiro atoms. The maximum Gasteiger partial charge on any atom is 0.272 e. The van der Waals surface area contributed by atoms with Crippen molar-refractivity contribution in [1.82, 2.24) is 20.6 Å². The summed E-state index contributed by atoms with van der Waals surface area (Å²) in [5, 5.41) is 8.29. The summed E-state index contributed by atoms with van der Waals surface area (Å²) < 4.78 is 0. The first-order valence-electron chi connectivity index (χ1n) is 6.61. The number of hydrogen-bond acceptors (Lipinski definition) is 5. The molecule has 2 amide bonds.